The van der Waals surface area contributed by atoms with Gasteiger partial charge < -0.3 is 14.4 Å². The summed E-state index contributed by atoms with van der Waals surface area (Å²) in [6.07, 6.45) is 10.2. The standard InChI is InChI=1S/C30H39FN4O2S/c1-20-17-23(21-9-13-34(14-10-21)25-11-15-35(16-12-25)24-5-4-6-24)19-27-29(20)32-30(33(27)2)22-7-8-28(26(31)18-22)38(3,36)37/h7-8,17-19,21,24-25H,4-6,9-16H2,1-3H3. The molecule has 0 unspecified atom stereocenters. The minimum atomic E-state index is -3.62. The zero-order chi connectivity index (χ0) is 26.6. The van der Waals surface area contributed by atoms with E-state index in [2.05, 4.69) is 28.9 Å². The summed E-state index contributed by atoms with van der Waals surface area (Å²) in [5.41, 5.74) is 5.01. The van der Waals surface area contributed by atoms with Crippen LogP contribution in [0.5, 0.6) is 0 Å². The van der Waals surface area contributed by atoms with Crippen LogP contribution in [0.15, 0.2) is 35.2 Å². The number of sulfone groups is 1. The van der Waals surface area contributed by atoms with Crippen molar-refractivity contribution in [3.05, 3.63) is 47.3 Å². The van der Waals surface area contributed by atoms with E-state index >= 15 is 0 Å². The Bertz CT molecular complexity index is 1450. The second kappa shape index (κ2) is 10.0. The fourth-order valence-electron chi connectivity index (χ4n) is 6.88. The number of aryl methyl sites for hydroxylation is 2. The van der Waals surface area contributed by atoms with Crippen LogP contribution in [0, 0.1) is 12.7 Å². The van der Waals surface area contributed by atoms with Gasteiger partial charge in [-0.1, -0.05) is 12.5 Å². The second-order valence-electron chi connectivity index (χ2n) is 11.8. The van der Waals surface area contributed by atoms with E-state index in [9.17, 15) is 12.8 Å². The molecule has 6 nitrogen and oxygen atoms in total. The molecule has 1 saturated carbocycles. The lowest BCUT2D eigenvalue weighted by Crippen LogP contribution is -2.51. The number of piperidine rings is 2. The first-order chi connectivity index (χ1) is 18.2. The van der Waals surface area contributed by atoms with Gasteiger partial charge in [-0.3, -0.25) is 0 Å². The highest BCUT2D eigenvalue weighted by Crippen LogP contribution is 2.36. The van der Waals surface area contributed by atoms with E-state index in [1.54, 1.807) is 6.07 Å². The molecule has 0 atom stereocenters. The topological polar surface area (TPSA) is 58.4 Å². The van der Waals surface area contributed by atoms with E-state index in [1.165, 1.54) is 88.8 Å². The Morgan fingerprint density at radius 3 is 2.11 bits per heavy atom. The molecule has 2 aliphatic heterocycles. The van der Waals surface area contributed by atoms with Gasteiger partial charge in [-0.25, -0.2) is 17.8 Å². The van der Waals surface area contributed by atoms with Crippen LogP contribution in [0.4, 0.5) is 4.39 Å². The van der Waals surface area contributed by atoms with E-state index in [-0.39, 0.29) is 4.90 Å². The van der Waals surface area contributed by atoms with Crippen LogP contribution in [0.3, 0.4) is 0 Å². The van der Waals surface area contributed by atoms with E-state index in [1.807, 2.05) is 11.6 Å². The number of rotatable bonds is 5. The number of hydrogen-bond acceptors (Lipinski definition) is 5. The van der Waals surface area contributed by atoms with Crippen molar-refractivity contribution in [2.45, 2.75) is 74.8 Å². The normalized spacial score (nSPS) is 21.3. The van der Waals surface area contributed by atoms with Crippen molar-refractivity contribution in [1.82, 2.24) is 19.4 Å². The molecule has 0 radical (unpaired) electrons. The Kier molecular flexibility index (Phi) is 6.85. The number of nitrogens with zero attached hydrogens (tertiary/aromatic N) is 4. The van der Waals surface area contributed by atoms with E-state index < -0.39 is 15.7 Å². The van der Waals surface area contributed by atoms with Crippen LogP contribution < -0.4 is 0 Å². The highest BCUT2D eigenvalue weighted by Gasteiger charge is 2.32. The third-order valence-corrected chi connectivity index (χ3v) is 10.5. The Balaban J connectivity index is 1.17. The third-order valence-electron chi connectivity index (χ3n) is 9.40. The Morgan fingerprint density at radius 2 is 1.53 bits per heavy atom. The summed E-state index contributed by atoms with van der Waals surface area (Å²) < 4.78 is 40.3. The van der Waals surface area contributed by atoms with Crippen LogP contribution in [0.25, 0.3) is 22.4 Å². The van der Waals surface area contributed by atoms with Crippen molar-refractivity contribution in [2.24, 2.45) is 7.05 Å². The van der Waals surface area contributed by atoms with Gasteiger partial charge in [0.25, 0.3) is 0 Å². The molecule has 3 heterocycles. The Hall–Kier alpha value is -2.29. The lowest BCUT2D eigenvalue weighted by Gasteiger charge is -2.45. The van der Waals surface area contributed by atoms with Gasteiger partial charge in [0.15, 0.2) is 9.84 Å². The highest BCUT2D eigenvalue weighted by molar-refractivity contribution is 7.90. The number of aromatic nitrogens is 2. The SMILES string of the molecule is Cc1cc(C2CCN(C3CCN(C4CCC4)CC3)CC2)cc2c1nc(-c1ccc(S(C)(=O)=O)c(F)c1)n2C. The van der Waals surface area contributed by atoms with Crippen LogP contribution in [0.1, 0.15) is 62.0 Å². The summed E-state index contributed by atoms with van der Waals surface area (Å²) >= 11 is 0. The lowest BCUT2D eigenvalue weighted by molar-refractivity contribution is 0.0468. The van der Waals surface area contributed by atoms with E-state index in [0.717, 1.165) is 34.9 Å². The van der Waals surface area contributed by atoms with Gasteiger partial charge in [-0.2, -0.15) is 0 Å². The summed E-state index contributed by atoms with van der Waals surface area (Å²) in [6, 6.07) is 10.4. The van der Waals surface area contributed by atoms with Gasteiger partial charge in [-0.15, -0.1) is 0 Å². The van der Waals surface area contributed by atoms with Crippen LogP contribution in [-0.4, -0.2) is 72.3 Å². The van der Waals surface area contributed by atoms with E-state index in [0.29, 0.717) is 17.3 Å². The lowest BCUT2D eigenvalue weighted by atomic mass is 9.86. The smallest absolute Gasteiger partial charge is 0.178 e. The maximum atomic E-state index is 14.6. The summed E-state index contributed by atoms with van der Waals surface area (Å²) in [6.45, 7) is 6.97. The average molecular weight is 539 g/mol. The zero-order valence-corrected chi connectivity index (χ0v) is 23.6. The van der Waals surface area contributed by atoms with Gasteiger partial charge in [0.2, 0.25) is 0 Å². The maximum Gasteiger partial charge on any atom is 0.178 e. The van der Waals surface area contributed by atoms with Gasteiger partial charge in [0.05, 0.1) is 11.0 Å². The molecule has 3 aliphatic rings. The molecule has 2 saturated heterocycles. The summed E-state index contributed by atoms with van der Waals surface area (Å²) in [4.78, 5) is 10.0. The Labute approximate surface area is 225 Å². The van der Waals surface area contributed by atoms with Gasteiger partial charge >= 0.3 is 0 Å². The largest absolute Gasteiger partial charge is 0.327 e. The quantitative estimate of drug-likeness (QED) is 0.442. The van der Waals surface area contributed by atoms with Crippen molar-refractivity contribution >= 4 is 20.9 Å². The maximum absolute atomic E-state index is 14.6. The zero-order valence-electron chi connectivity index (χ0n) is 22.8. The number of halogens is 1. The molecule has 0 N–H and O–H groups in total. The number of hydrogen-bond donors (Lipinski definition) is 0. The fourth-order valence-corrected chi connectivity index (χ4v) is 7.61. The van der Waals surface area contributed by atoms with Gasteiger partial charge in [-0.05, 0) is 113 Å². The molecule has 8 heteroatoms. The molecular formula is C30H39FN4O2S. The number of benzene rings is 2. The average Bonchev–Trinajstić information content (AvgIpc) is 3.20. The highest BCUT2D eigenvalue weighted by atomic mass is 32.2. The van der Waals surface area contributed by atoms with Crippen molar-refractivity contribution in [3.63, 3.8) is 0 Å². The molecule has 2 aromatic carbocycles. The molecule has 6 rings (SSSR count). The molecule has 1 aliphatic carbocycles. The molecule has 0 amide bonds. The molecule has 204 valence electrons. The van der Waals surface area contributed by atoms with Gasteiger partial charge in [0, 0.05) is 31.0 Å². The number of imidazole rings is 1. The third kappa shape index (κ3) is 4.80. The summed E-state index contributed by atoms with van der Waals surface area (Å²) in [5, 5.41) is 0. The van der Waals surface area contributed by atoms with Crippen molar-refractivity contribution in [2.75, 3.05) is 32.4 Å². The fraction of sp³-hybridized carbons (Fsp3) is 0.567. The second-order valence-corrected chi connectivity index (χ2v) is 13.8. The predicted octanol–water partition coefficient (Wildman–Crippen LogP) is 5.29. The van der Waals surface area contributed by atoms with Gasteiger partial charge in [0.1, 0.15) is 16.5 Å². The van der Waals surface area contributed by atoms with Crippen molar-refractivity contribution in [3.8, 4) is 11.4 Å². The van der Waals surface area contributed by atoms with E-state index in [4.69, 9.17) is 4.98 Å². The van der Waals surface area contributed by atoms with Crippen LogP contribution >= 0.6 is 0 Å². The predicted molar refractivity (Wildman–Crippen MR) is 150 cm³/mol. The first-order valence-electron chi connectivity index (χ1n) is 14.1. The molecule has 1 aromatic heterocycles. The molecule has 0 bridgehead atoms. The molecule has 0 spiro atoms. The molecule has 38 heavy (non-hydrogen) atoms. The number of fused-ring (bicyclic) bond motifs is 1. The first kappa shape index (κ1) is 26.0. The van der Waals surface area contributed by atoms with Crippen molar-refractivity contribution in [1.29, 1.82) is 0 Å². The minimum absolute atomic E-state index is 0.284. The molecule has 3 aromatic rings. The van der Waals surface area contributed by atoms with Crippen LogP contribution in [0.2, 0.25) is 0 Å². The number of likely N-dealkylation sites (tertiary alicyclic amines) is 2. The van der Waals surface area contributed by atoms with Crippen LogP contribution in [-0.2, 0) is 16.9 Å². The minimum Gasteiger partial charge on any atom is -0.327 e. The molecule has 3 fully saturated rings. The summed E-state index contributed by atoms with van der Waals surface area (Å²) in [7, 11) is -1.66. The monoisotopic (exact) mass is 538 g/mol. The summed E-state index contributed by atoms with van der Waals surface area (Å²) in [5.74, 6) is 0.437. The molecular weight excluding hydrogens is 499 g/mol. The van der Waals surface area contributed by atoms with Crippen molar-refractivity contribution < 1.29 is 12.8 Å². The Morgan fingerprint density at radius 1 is 0.895 bits per heavy atom. The first-order valence-corrected chi connectivity index (χ1v) is 16.0.